The fourth-order valence-corrected chi connectivity index (χ4v) is 2.83. The number of hydrogen-bond donors (Lipinski definition) is 2. The van der Waals surface area contributed by atoms with E-state index in [2.05, 4.69) is 10.6 Å². The van der Waals surface area contributed by atoms with Gasteiger partial charge < -0.3 is 29.6 Å². The van der Waals surface area contributed by atoms with Gasteiger partial charge in [-0.05, 0) is 36.8 Å². The van der Waals surface area contributed by atoms with Crippen LogP contribution in [0.4, 0.5) is 0 Å². The number of esters is 1. The van der Waals surface area contributed by atoms with Crippen molar-refractivity contribution in [2.45, 2.75) is 13.0 Å². The minimum atomic E-state index is -0.732. The second kappa shape index (κ2) is 9.64. The van der Waals surface area contributed by atoms with E-state index in [9.17, 15) is 14.4 Å². The molecule has 9 nitrogen and oxygen atoms in total. The molecule has 0 radical (unpaired) electrons. The Balaban J connectivity index is 1.42. The summed E-state index contributed by atoms with van der Waals surface area (Å²) in [7, 11) is 1.45. The van der Waals surface area contributed by atoms with Gasteiger partial charge in [0.25, 0.3) is 11.8 Å². The number of rotatable bonds is 8. The Morgan fingerprint density at radius 3 is 2.67 bits per heavy atom. The molecule has 0 aliphatic carbocycles. The fraction of sp³-hybridized carbons (Fsp3) is 0.286. The van der Waals surface area contributed by atoms with E-state index in [1.807, 2.05) is 6.07 Å². The zero-order valence-electron chi connectivity index (χ0n) is 16.6. The van der Waals surface area contributed by atoms with Gasteiger partial charge in [0.1, 0.15) is 12.3 Å². The molecule has 2 aromatic carbocycles. The normalized spacial score (nSPS) is 12.6. The Labute approximate surface area is 173 Å². The summed E-state index contributed by atoms with van der Waals surface area (Å²) in [6.45, 7) is 1.13. The van der Waals surface area contributed by atoms with Crippen molar-refractivity contribution >= 4 is 17.8 Å². The highest BCUT2D eigenvalue weighted by Crippen LogP contribution is 2.34. The fourth-order valence-electron chi connectivity index (χ4n) is 2.83. The molecule has 0 saturated heterocycles. The first-order chi connectivity index (χ1) is 14.5. The van der Waals surface area contributed by atoms with E-state index in [1.165, 1.54) is 7.11 Å². The third-order valence-corrected chi connectivity index (χ3v) is 4.38. The summed E-state index contributed by atoms with van der Waals surface area (Å²) >= 11 is 0. The van der Waals surface area contributed by atoms with E-state index in [0.29, 0.717) is 22.8 Å². The highest BCUT2D eigenvalue weighted by Gasteiger charge is 2.18. The third kappa shape index (κ3) is 5.19. The van der Waals surface area contributed by atoms with E-state index in [1.54, 1.807) is 43.3 Å². The summed E-state index contributed by atoms with van der Waals surface area (Å²) in [5.41, 5.74) is 1.12. The largest absolute Gasteiger partial charge is 0.496 e. The van der Waals surface area contributed by atoms with Gasteiger partial charge in [-0.15, -0.1) is 0 Å². The van der Waals surface area contributed by atoms with Gasteiger partial charge >= 0.3 is 5.97 Å². The van der Waals surface area contributed by atoms with E-state index in [-0.39, 0.29) is 19.4 Å². The lowest BCUT2D eigenvalue weighted by Gasteiger charge is -2.15. The van der Waals surface area contributed by atoms with Crippen LogP contribution in [0.15, 0.2) is 42.5 Å². The van der Waals surface area contributed by atoms with Gasteiger partial charge in [0, 0.05) is 0 Å². The number of fused-ring (bicyclic) bond motifs is 1. The van der Waals surface area contributed by atoms with Crippen LogP contribution in [0.1, 0.15) is 28.9 Å². The van der Waals surface area contributed by atoms with Gasteiger partial charge in [0.15, 0.2) is 18.1 Å². The van der Waals surface area contributed by atoms with Crippen molar-refractivity contribution in [1.29, 1.82) is 0 Å². The van der Waals surface area contributed by atoms with Crippen LogP contribution in [-0.4, -0.2) is 44.8 Å². The molecule has 3 rings (SSSR count). The standard InChI is InChI=1S/C21H22N2O7/c1-13(14-7-8-17-18(9-14)30-12-29-17)23-19(24)11-28-20(25)10-22-21(26)15-5-3-4-6-16(15)27-2/h3-9,13H,10-12H2,1-2H3,(H,22,26)(H,23,24)/t13-/m1/s1. The second-order valence-corrected chi connectivity index (χ2v) is 6.45. The zero-order valence-corrected chi connectivity index (χ0v) is 16.6. The highest BCUT2D eigenvalue weighted by molar-refractivity contribution is 5.98. The Bertz CT molecular complexity index is 945. The molecule has 1 heterocycles. The molecule has 0 bridgehead atoms. The van der Waals surface area contributed by atoms with Gasteiger partial charge in [-0.25, -0.2) is 0 Å². The molecule has 2 amide bonds. The topological polar surface area (TPSA) is 112 Å². The van der Waals surface area contributed by atoms with Crippen LogP contribution in [0.2, 0.25) is 0 Å². The average molecular weight is 414 g/mol. The minimum Gasteiger partial charge on any atom is -0.496 e. The molecule has 1 aliphatic rings. The SMILES string of the molecule is COc1ccccc1C(=O)NCC(=O)OCC(=O)N[C@H](C)c1ccc2c(c1)OCO2. The summed E-state index contributed by atoms with van der Waals surface area (Å²) in [5, 5.41) is 5.17. The Morgan fingerprint density at radius 2 is 1.87 bits per heavy atom. The Morgan fingerprint density at radius 1 is 1.10 bits per heavy atom. The molecule has 30 heavy (non-hydrogen) atoms. The van der Waals surface area contributed by atoms with Crippen LogP contribution >= 0.6 is 0 Å². The number of methoxy groups -OCH3 is 1. The maximum absolute atomic E-state index is 12.2. The predicted molar refractivity (Wildman–Crippen MR) is 105 cm³/mol. The van der Waals surface area contributed by atoms with Crippen molar-refractivity contribution in [3.63, 3.8) is 0 Å². The molecule has 2 aromatic rings. The van der Waals surface area contributed by atoms with E-state index < -0.39 is 24.4 Å². The second-order valence-electron chi connectivity index (χ2n) is 6.45. The molecule has 0 fully saturated rings. The Kier molecular flexibility index (Phi) is 6.74. The first kappa shape index (κ1) is 21.0. The number of benzene rings is 2. The van der Waals surface area contributed by atoms with Crippen molar-refractivity contribution in [3.8, 4) is 17.2 Å². The van der Waals surface area contributed by atoms with Crippen molar-refractivity contribution in [2.75, 3.05) is 27.1 Å². The minimum absolute atomic E-state index is 0.170. The molecule has 0 spiro atoms. The molecule has 0 aromatic heterocycles. The number of carbonyl (C=O) groups excluding carboxylic acids is 3. The van der Waals surface area contributed by atoms with Crippen LogP contribution < -0.4 is 24.8 Å². The molecule has 0 saturated carbocycles. The number of nitrogens with one attached hydrogen (secondary N) is 2. The first-order valence-corrected chi connectivity index (χ1v) is 9.23. The Hall–Kier alpha value is -3.75. The zero-order chi connectivity index (χ0) is 21.5. The van der Waals surface area contributed by atoms with E-state index >= 15 is 0 Å². The molecule has 1 atom stereocenters. The quantitative estimate of drug-likeness (QED) is 0.631. The molecular formula is C21H22N2O7. The average Bonchev–Trinajstić information content (AvgIpc) is 3.23. The number of hydrogen-bond acceptors (Lipinski definition) is 7. The van der Waals surface area contributed by atoms with Gasteiger partial charge in [-0.1, -0.05) is 18.2 Å². The van der Waals surface area contributed by atoms with Gasteiger partial charge in [0.05, 0.1) is 18.7 Å². The lowest BCUT2D eigenvalue weighted by atomic mass is 10.1. The predicted octanol–water partition coefficient (Wildman–Crippen LogP) is 1.57. The summed E-state index contributed by atoms with van der Waals surface area (Å²) in [6, 6.07) is 11.7. The summed E-state index contributed by atoms with van der Waals surface area (Å²) in [4.78, 5) is 36.1. The van der Waals surface area contributed by atoms with Crippen molar-refractivity contribution in [1.82, 2.24) is 10.6 Å². The van der Waals surface area contributed by atoms with Crippen molar-refractivity contribution in [3.05, 3.63) is 53.6 Å². The summed E-state index contributed by atoms with van der Waals surface area (Å²) in [5.74, 6) is -0.0218. The lowest BCUT2D eigenvalue weighted by molar-refractivity contribution is -0.147. The van der Waals surface area contributed by atoms with E-state index in [0.717, 1.165) is 5.56 Å². The first-order valence-electron chi connectivity index (χ1n) is 9.23. The van der Waals surface area contributed by atoms with Crippen molar-refractivity contribution < 1.29 is 33.3 Å². The number of para-hydroxylation sites is 1. The van der Waals surface area contributed by atoms with Crippen LogP contribution in [0, 0.1) is 0 Å². The van der Waals surface area contributed by atoms with Gasteiger partial charge in [-0.2, -0.15) is 0 Å². The molecule has 9 heteroatoms. The molecule has 0 unspecified atom stereocenters. The van der Waals surface area contributed by atoms with Crippen LogP contribution in [0.25, 0.3) is 0 Å². The summed E-state index contributed by atoms with van der Waals surface area (Å²) in [6.07, 6.45) is 0. The highest BCUT2D eigenvalue weighted by atomic mass is 16.7. The molecule has 1 aliphatic heterocycles. The third-order valence-electron chi connectivity index (χ3n) is 4.38. The maximum atomic E-state index is 12.2. The molecular weight excluding hydrogens is 392 g/mol. The van der Waals surface area contributed by atoms with Gasteiger partial charge in [-0.3, -0.25) is 14.4 Å². The van der Waals surface area contributed by atoms with Gasteiger partial charge in [0.2, 0.25) is 6.79 Å². The maximum Gasteiger partial charge on any atom is 0.325 e. The monoisotopic (exact) mass is 414 g/mol. The molecule has 158 valence electrons. The number of ether oxygens (including phenoxy) is 4. The van der Waals surface area contributed by atoms with Crippen LogP contribution in [0.3, 0.4) is 0 Å². The van der Waals surface area contributed by atoms with E-state index in [4.69, 9.17) is 18.9 Å². The van der Waals surface area contributed by atoms with Crippen LogP contribution in [-0.2, 0) is 14.3 Å². The summed E-state index contributed by atoms with van der Waals surface area (Å²) < 4.78 is 20.6. The number of carbonyl (C=O) groups is 3. The molecule has 2 N–H and O–H groups in total. The van der Waals surface area contributed by atoms with Crippen LogP contribution in [0.5, 0.6) is 17.2 Å². The smallest absolute Gasteiger partial charge is 0.325 e. The lowest BCUT2D eigenvalue weighted by Crippen LogP contribution is -2.34. The number of amides is 2. The van der Waals surface area contributed by atoms with Crippen molar-refractivity contribution in [2.24, 2.45) is 0 Å².